The van der Waals surface area contributed by atoms with Crippen LogP contribution in [0.3, 0.4) is 0 Å². The number of benzene rings is 3. The molecule has 1 atom stereocenters. The van der Waals surface area contributed by atoms with E-state index in [1.165, 1.54) is 6.07 Å². The Morgan fingerprint density at radius 2 is 1.64 bits per heavy atom. The number of halogens is 3. The highest BCUT2D eigenvalue weighted by Crippen LogP contribution is 2.33. The Labute approximate surface area is 216 Å². The molecule has 0 radical (unpaired) electrons. The Kier molecular flexibility index (Phi) is 8.26. The van der Waals surface area contributed by atoms with E-state index in [-0.39, 0.29) is 22.8 Å². The van der Waals surface area contributed by atoms with E-state index in [4.69, 9.17) is 11.6 Å². The van der Waals surface area contributed by atoms with Gasteiger partial charge in [0, 0.05) is 32.3 Å². The van der Waals surface area contributed by atoms with Crippen LogP contribution in [0.1, 0.15) is 35.8 Å². The van der Waals surface area contributed by atoms with E-state index >= 15 is 0 Å². The molecule has 174 valence electrons. The van der Waals surface area contributed by atoms with Crippen molar-refractivity contribution in [2.75, 3.05) is 11.8 Å². The highest BCUT2D eigenvalue weighted by molar-refractivity contribution is 9.11. The highest BCUT2D eigenvalue weighted by Gasteiger charge is 2.27. The summed E-state index contributed by atoms with van der Waals surface area (Å²) in [5.41, 5.74) is 1.68. The summed E-state index contributed by atoms with van der Waals surface area (Å²) in [4.78, 5) is 15.0. The molecule has 3 aromatic carbocycles. The molecule has 0 saturated carbocycles. The van der Waals surface area contributed by atoms with E-state index in [2.05, 4.69) is 36.6 Å². The number of carbonyl (C=O) groups excluding carboxylic acids is 1. The number of nitrogens with zero attached hydrogens (tertiary/aromatic N) is 1. The summed E-state index contributed by atoms with van der Waals surface area (Å²) in [7, 11) is -2.07. The lowest BCUT2D eigenvalue weighted by Crippen LogP contribution is -2.34. The topological polar surface area (TPSA) is 66.5 Å². The van der Waals surface area contributed by atoms with Crippen LogP contribution >= 0.6 is 43.5 Å². The summed E-state index contributed by atoms with van der Waals surface area (Å²) in [6, 6.07) is 18.6. The zero-order chi connectivity index (χ0) is 24.3. The normalized spacial score (nSPS) is 12.5. The van der Waals surface area contributed by atoms with Crippen molar-refractivity contribution in [1.82, 2.24) is 4.90 Å². The van der Waals surface area contributed by atoms with Crippen LogP contribution in [0, 0.1) is 5.92 Å². The molecule has 0 heterocycles. The first-order chi connectivity index (χ1) is 15.5. The second kappa shape index (κ2) is 10.6. The predicted octanol–water partition coefficient (Wildman–Crippen LogP) is 7.14. The van der Waals surface area contributed by atoms with Gasteiger partial charge in [0.25, 0.3) is 15.9 Å². The van der Waals surface area contributed by atoms with Crippen LogP contribution in [0.5, 0.6) is 0 Å². The maximum atomic E-state index is 13.2. The Morgan fingerprint density at radius 3 is 2.24 bits per heavy atom. The summed E-state index contributed by atoms with van der Waals surface area (Å²) in [5, 5.41) is 0.610. The fourth-order valence-electron chi connectivity index (χ4n) is 3.63. The van der Waals surface area contributed by atoms with Crippen molar-refractivity contribution in [2.45, 2.75) is 24.8 Å². The third kappa shape index (κ3) is 5.98. The summed E-state index contributed by atoms with van der Waals surface area (Å²) < 4.78 is 29.3. The molecule has 0 aliphatic heterocycles. The van der Waals surface area contributed by atoms with Gasteiger partial charge in [-0.1, -0.05) is 59.6 Å². The van der Waals surface area contributed by atoms with Crippen LogP contribution in [0.4, 0.5) is 5.69 Å². The lowest BCUT2D eigenvalue weighted by Gasteiger charge is -2.32. The third-order valence-corrected chi connectivity index (χ3v) is 8.37. The summed E-state index contributed by atoms with van der Waals surface area (Å²) in [6.07, 6.45) is 0. The van der Waals surface area contributed by atoms with Crippen LogP contribution in [0.25, 0.3) is 0 Å². The van der Waals surface area contributed by atoms with Crippen molar-refractivity contribution in [3.63, 3.8) is 0 Å². The SMILES string of the molecule is CC(C)C(c1ccccc1Cl)N(C)C(=O)c1ccc(NS(=O)(=O)c2cc(Br)ccc2Br)cc1. The molecular formula is C24H23Br2ClN2O3S. The zero-order valence-corrected chi connectivity index (χ0v) is 23.0. The summed E-state index contributed by atoms with van der Waals surface area (Å²) in [6.45, 7) is 4.07. The van der Waals surface area contributed by atoms with Crippen molar-refractivity contribution in [3.8, 4) is 0 Å². The number of carbonyl (C=O) groups is 1. The maximum Gasteiger partial charge on any atom is 0.263 e. The highest BCUT2D eigenvalue weighted by atomic mass is 79.9. The Balaban J connectivity index is 1.82. The second-order valence-corrected chi connectivity index (χ2v) is 11.7. The molecule has 0 saturated heterocycles. The van der Waals surface area contributed by atoms with E-state index < -0.39 is 10.0 Å². The molecule has 9 heteroatoms. The van der Waals surface area contributed by atoms with Crippen molar-refractivity contribution in [1.29, 1.82) is 0 Å². The average Bonchev–Trinajstić information content (AvgIpc) is 2.76. The van der Waals surface area contributed by atoms with Gasteiger partial charge in [-0.15, -0.1) is 0 Å². The van der Waals surface area contributed by atoms with E-state index in [1.54, 1.807) is 48.3 Å². The maximum absolute atomic E-state index is 13.2. The minimum atomic E-state index is -3.82. The largest absolute Gasteiger partial charge is 0.334 e. The molecule has 0 aromatic heterocycles. The van der Waals surface area contributed by atoms with Crippen LogP contribution in [-0.4, -0.2) is 26.3 Å². The Morgan fingerprint density at radius 1 is 1.00 bits per heavy atom. The molecule has 1 amide bonds. The first kappa shape index (κ1) is 25.7. The first-order valence-corrected chi connectivity index (χ1v) is 13.6. The molecule has 0 spiro atoms. The quantitative estimate of drug-likeness (QED) is 0.308. The molecule has 0 aliphatic carbocycles. The van der Waals surface area contributed by atoms with E-state index in [0.29, 0.717) is 25.2 Å². The lowest BCUT2D eigenvalue weighted by molar-refractivity contribution is 0.0687. The average molecular weight is 615 g/mol. The minimum absolute atomic E-state index is 0.108. The Bertz CT molecular complexity index is 1260. The third-order valence-electron chi connectivity index (χ3n) is 5.16. The molecule has 33 heavy (non-hydrogen) atoms. The van der Waals surface area contributed by atoms with Crippen molar-refractivity contribution in [2.24, 2.45) is 5.92 Å². The first-order valence-electron chi connectivity index (χ1n) is 10.1. The smallest absolute Gasteiger partial charge is 0.263 e. The fraction of sp³-hybridized carbons (Fsp3) is 0.208. The van der Waals surface area contributed by atoms with Gasteiger partial charge in [0.1, 0.15) is 4.90 Å². The van der Waals surface area contributed by atoms with Gasteiger partial charge in [-0.2, -0.15) is 0 Å². The summed E-state index contributed by atoms with van der Waals surface area (Å²) >= 11 is 13.0. The minimum Gasteiger partial charge on any atom is -0.334 e. The molecule has 0 bridgehead atoms. The van der Waals surface area contributed by atoms with Crippen LogP contribution < -0.4 is 4.72 Å². The molecular weight excluding hydrogens is 592 g/mol. The molecule has 1 unspecified atom stereocenters. The number of hydrogen-bond acceptors (Lipinski definition) is 3. The monoisotopic (exact) mass is 612 g/mol. The van der Waals surface area contributed by atoms with Crippen LogP contribution in [0.15, 0.2) is 80.6 Å². The van der Waals surface area contributed by atoms with Gasteiger partial charge in [0.2, 0.25) is 0 Å². The molecule has 0 aliphatic rings. The van der Waals surface area contributed by atoms with Gasteiger partial charge in [-0.25, -0.2) is 8.42 Å². The lowest BCUT2D eigenvalue weighted by atomic mass is 9.94. The van der Waals surface area contributed by atoms with Crippen molar-refractivity contribution >= 4 is 65.1 Å². The number of amides is 1. The van der Waals surface area contributed by atoms with Gasteiger partial charge in [-0.3, -0.25) is 9.52 Å². The molecule has 5 nitrogen and oxygen atoms in total. The zero-order valence-electron chi connectivity index (χ0n) is 18.2. The van der Waals surface area contributed by atoms with Crippen LogP contribution in [-0.2, 0) is 10.0 Å². The second-order valence-electron chi connectivity index (χ2n) is 7.88. The van der Waals surface area contributed by atoms with Gasteiger partial charge in [-0.05, 0) is 75.9 Å². The molecule has 3 aromatic rings. The predicted molar refractivity (Wildman–Crippen MR) is 140 cm³/mol. The number of anilines is 1. The van der Waals surface area contributed by atoms with Crippen LogP contribution in [0.2, 0.25) is 5.02 Å². The number of rotatable bonds is 7. The van der Waals surface area contributed by atoms with E-state index in [1.807, 2.05) is 38.1 Å². The standard InChI is InChI=1S/C24H23Br2ClN2O3S/c1-15(2)23(19-6-4-5-7-21(19)27)29(3)24(30)16-8-11-18(12-9-16)28-33(31,32)22-14-17(25)10-13-20(22)26/h4-15,23,28H,1-3H3. The van der Waals surface area contributed by atoms with Crippen molar-refractivity contribution in [3.05, 3.63) is 91.8 Å². The Hall–Kier alpha value is -1.87. The van der Waals surface area contributed by atoms with Crippen molar-refractivity contribution < 1.29 is 13.2 Å². The number of hydrogen-bond donors (Lipinski definition) is 1. The molecule has 1 N–H and O–H groups in total. The molecule has 0 fully saturated rings. The molecule has 3 rings (SSSR count). The number of sulfonamides is 1. The summed E-state index contributed by atoms with van der Waals surface area (Å²) in [5.74, 6) is -0.0497. The number of nitrogens with one attached hydrogen (secondary N) is 1. The van der Waals surface area contributed by atoms with Gasteiger partial charge < -0.3 is 4.90 Å². The fourth-order valence-corrected chi connectivity index (χ4v) is 6.44. The van der Waals surface area contributed by atoms with Gasteiger partial charge >= 0.3 is 0 Å². The van der Waals surface area contributed by atoms with E-state index in [0.717, 1.165) is 5.56 Å². The van der Waals surface area contributed by atoms with Gasteiger partial charge in [0.05, 0.1) is 6.04 Å². The van der Waals surface area contributed by atoms with Gasteiger partial charge in [0.15, 0.2) is 0 Å². The van der Waals surface area contributed by atoms with E-state index in [9.17, 15) is 13.2 Å².